The Morgan fingerprint density at radius 2 is 1.89 bits per heavy atom. The normalized spacial score (nSPS) is 12.0. The molecule has 180 valence electrons. The van der Waals surface area contributed by atoms with Crippen LogP contribution in [-0.4, -0.2) is 62.7 Å². The number of hydrogen-bond donors (Lipinski definition) is 2. The molecule has 8 nitrogen and oxygen atoms in total. The molecule has 0 aliphatic rings. The Labute approximate surface area is 216 Å². The fraction of sp³-hybridized carbons (Fsp3) is 0.333. The number of nitrogens with one attached hydrogen (secondary N) is 1. The van der Waals surface area contributed by atoms with Crippen LogP contribution in [0.2, 0.25) is 4.34 Å². The smallest absolute Gasteiger partial charge is 0.305 e. The average molecular weight is 510 g/mol. The first-order valence-corrected chi connectivity index (χ1v) is 12.4. The highest BCUT2D eigenvalue weighted by Crippen LogP contribution is 2.30. The van der Waals surface area contributed by atoms with Crippen molar-refractivity contribution in [2.75, 3.05) is 5.32 Å². The number of aliphatic carboxylic acids is 1. The Kier molecular flexibility index (Phi) is 7.53. The van der Waals surface area contributed by atoms with Crippen LogP contribution in [0.4, 0.5) is 5.82 Å². The summed E-state index contributed by atoms with van der Waals surface area (Å²) in [5.74, 6) is -0.775. The minimum absolute atomic E-state index is 0.0412. The van der Waals surface area contributed by atoms with Gasteiger partial charge in [0.2, 0.25) is 0 Å². The molecule has 0 aliphatic heterocycles. The lowest BCUT2D eigenvalue weighted by atomic mass is 9.58. The predicted molar refractivity (Wildman–Crippen MR) is 152 cm³/mol. The van der Waals surface area contributed by atoms with E-state index in [4.69, 9.17) is 16.7 Å². The van der Waals surface area contributed by atoms with Gasteiger partial charge in [0.15, 0.2) is 0 Å². The van der Waals surface area contributed by atoms with Gasteiger partial charge in [0, 0.05) is 34.4 Å². The van der Waals surface area contributed by atoms with Crippen molar-refractivity contribution in [1.29, 1.82) is 0 Å². The SMILES string of the molecule is Bc1c(Cl)sc(C(B)(B)Nc2cc(-c3cccn(CCC(=O)O)c3=O)nn2C(=O)C(C)(C)C)c1B. The first-order valence-electron chi connectivity index (χ1n) is 11.2. The second kappa shape index (κ2) is 9.78. The van der Waals surface area contributed by atoms with E-state index in [1.54, 1.807) is 45.2 Å². The van der Waals surface area contributed by atoms with Crippen LogP contribution >= 0.6 is 22.9 Å². The number of carboxylic acid groups (broad SMARTS) is 1. The summed E-state index contributed by atoms with van der Waals surface area (Å²) in [6, 6.07) is 4.97. The van der Waals surface area contributed by atoms with Crippen molar-refractivity contribution < 1.29 is 14.7 Å². The first-order chi connectivity index (χ1) is 16.1. The van der Waals surface area contributed by atoms with Gasteiger partial charge in [-0.1, -0.05) is 43.3 Å². The monoisotopic (exact) mass is 510 g/mol. The van der Waals surface area contributed by atoms with E-state index in [2.05, 4.69) is 10.4 Å². The maximum absolute atomic E-state index is 13.3. The van der Waals surface area contributed by atoms with Crippen molar-refractivity contribution in [2.24, 2.45) is 5.41 Å². The number of aromatic nitrogens is 3. The third kappa shape index (κ3) is 5.62. The molecule has 2 N–H and O–H groups in total. The lowest BCUT2D eigenvalue weighted by Crippen LogP contribution is -2.43. The van der Waals surface area contributed by atoms with Gasteiger partial charge in [-0.2, -0.15) is 9.78 Å². The van der Waals surface area contributed by atoms with Crippen LogP contribution in [0.5, 0.6) is 0 Å². The highest BCUT2D eigenvalue weighted by atomic mass is 35.5. The van der Waals surface area contributed by atoms with Crippen LogP contribution < -0.4 is 21.8 Å². The van der Waals surface area contributed by atoms with Gasteiger partial charge in [0.05, 0.1) is 16.3 Å². The van der Waals surface area contributed by atoms with Crippen LogP contribution in [0.1, 0.15) is 36.9 Å². The van der Waals surface area contributed by atoms with Crippen molar-refractivity contribution in [1.82, 2.24) is 14.3 Å². The molecule has 14 heteroatoms. The van der Waals surface area contributed by atoms with Crippen LogP contribution in [0.25, 0.3) is 11.3 Å². The molecule has 0 amide bonds. The molecule has 0 radical (unpaired) electrons. The lowest BCUT2D eigenvalue weighted by molar-refractivity contribution is -0.137. The van der Waals surface area contributed by atoms with Crippen molar-refractivity contribution in [2.45, 2.75) is 39.1 Å². The summed E-state index contributed by atoms with van der Waals surface area (Å²) in [6.45, 7) is 5.46. The quantitative estimate of drug-likeness (QED) is 0.379. The van der Waals surface area contributed by atoms with Crippen molar-refractivity contribution in [3.63, 3.8) is 0 Å². The average Bonchev–Trinajstić information content (AvgIpc) is 3.27. The van der Waals surface area contributed by atoms with Gasteiger partial charge < -0.3 is 15.0 Å². The molecule has 35 heavy (non-hydrogen) atoms. The van der Waals surface area contributed by atoms with Gasteiger partial charge >= 0.3 is 5.97 Å². The summed E-state index contributed by atoms with van der Waals surface area (Å²) >= 11 is 7.88. The van der Waals surface area contributed by atoms with Gasteiger partial charge in [-0.3, -0.25) is 14.4 Å². The molecule has 3 aromatic rings. The van der Waals surface area contributed by atoms with Gasteiger partial charge in [0.1, 0.15) is 42.9 Å². The summed E-state index contributed by atoms with van der Waals surface area (Å²) in [5.41, 5.74) is 1.62. The molecule has 0 unspecified atom stereocenters. The molecule has 0 fully saturated rings. The minimum Gasteiger partial charge on any atom is -0.481 e. The number of pyridine rings is 1. The summed E-state index contributed by atoms with van der Waals surface area (Å²) in [6.07, 6.45) is 1.36. The first kappa shape index (κ1) is 26.9. The standard InChI is InChI=1S/C21H27B4ClN4O4S/c1-20(2,3)19(34)30-12(27-21(24,25)16-14(22)15(23)17(26)35-16)9-11(28-30)10-5-4-7-29(18(10)33)8-6-13(31)32/h4-5,7,9,27H,6,8,22-25H2,1-3H3,(H,31,32). The largest absolute Gasteiger partial charge is 0.481 e. The lowest BCUT2D eigenvalue weighted by Gasteiger charge is -2.29. The van der Waals surface area contributed by atoms with E-state index in [-0.39, 0.29) is 30.0 Å². The van der Waals surface area contributed by atoms with Crippen LogP contribution in [-0.2, 0) is 16.7 Å². The van der Waals surface area contributed by atoms with E-state index in [1.807, 2.05) is 31.4 Å². The minimum atomic E-state index is -0.990. The fourth-order valence-corrected chi connectivity index (χ4v) is 5.20. The molecule has 0 bridgehead atoms. The Morgan fingerprint density at radius 3 is 2.43 bits per heavy atom. The Morgan fingerprint density at radius 1 is 1.23 bits per heavy atom. The summed E-state index contributed by atoms with van der Waals surface area (Å²) in [7, 11) is 8.00. The van der Waals surface area contributed by atoms with Crippen LogP contribution in [0.3, 0.4) is 0 Å². The molecule has 0 aromatic carbocycles. The summed E-state index contributed by atoms with van der Waals surface area (Å²) < 4.78 is 3.37. The summed E-state index contributed by atoms with van der Waals surface area (Å²) in [5, 5.41) is 16.4. The molecule has 3 rings (SSSR count). The number of nitrogens with zero attached hydrogens (tertiary/aromatic N) is 3. The molecule has 0 atom stereocenters. The highest BCUT2D eigenvalue weighted by Gasteiger charge is 2.32. The van der Waals surface area contributed by atoms with Crippen molar-refractivity contribution in [3.8, 4) is 11.3 Å². The zero-order valence-electron chi connectivity index (χ0n) is 21.0. The number of carbonyl (C=O) groups excluding carboxylic acids is 1. The van der Waals surface area contributed by atoms with Gasteiger partial charge in [-0.05, 0) is 12.1 Å². The van der Waals surface area contributed by atoms with E-state index in [0.29, 0.717) is 11.5 Å². The Balaban J connectivity index is 2.11. The zero-order valence-corrected chi connectivity index (χ0v) is 22.6. The second-order valence-electron chi connectivity index (χ2n) is 10.2. The van der Waals surface area contributed by atoms with E-state index in [1.165, 1.54) is 20.6 Å². The van der Waals surface area contributed by atoms with Gasteiger partial charge in [-0.15, -0.1) is 11.3 Å². The zero-order chi connectivity index (χ0) is 26.3. The van der Waals surface area contributed by atoms with E-state index >= 15 is 0 Å². The number of anilines is 1. The molecular weight excluding hydrogens is 483 g/mol. The number of aryl methyl sites for hydroxylation is 1. The molecule has 3 heterocycles. The topological polar surface area (TPSA) is 106 Å². The number of halogens is 1. The van der Waals surface area contributed by atoms with E-state index in [9.17, 15) is 14.4 Å². The fourth-order valence-electron chi connectivity index (χ4n) is 3.73. The maximum atomic E-state index is 13.3. The molecule has 3 aromatic heterocycles. The Bertz CT molecular complexity index is 1360. The molecular formula is C21H27B4ClN4O4S. The third-order valence-corrected chi connectivity index (χ3v) is 7.82. The number of thiophene rings is 1. The number of carbonyl (C=O) groups is 2. The number of hydrogen-bond acceptors (Lipinski definition) is 6. The molecule has 0 spiro atoms. The van der Waals surface area contributed by atoms with Crippen LogP contribution in [0, 0.1) is 5.41 Å². The van der Waals surface area contributed by atoms with Gasteiger partial charge in [-0.25, -0.2) is 0 Å². The van der Waals surface area contributed by atoms with Crippen molar-refractivity contribution in [3.05, 3.63) is 44.0 Å². The van der Waals surface area contributed by atoms with Crippen molar-refractivity contribution >= 4 is 82.9 Å². The molecule has 0 aliphatic carbocycles. The highest BCUT2D eigenvalue weighted by molar-refractivity contribution is 7.19. The van der Waals surface area contributed by atoms with Crippen LogP contribution in [0.15, 0.2) is 29.2 Å². The predicted octanol–water partition coefficient (Wildman–Crippen LogP) is -1.41. The number of rotatable bonds is 7. The van der Waals surface area contributed by atoms with E-state index < -0.39 is 16.7 Å². The molecule has 0 saturated heterocycles. The maximum Gasteiger partial charge on any atom is 0.305 e. The molecule has 0 saturated carbocycles. The second-order valence-corrected chi connectivity index (χ2v) is 11.8. The van der Waals surface area contributed by atoms with Gasteiger partial charge in [0.25, 0.3) is 11.5 Å². The number of carboxylic acids is 1. The third-order valence-electron chi connectivity index (χ3n) is 5.80. The summed E-state index contributed by atoms with van der Waals surface area (Å²) in [4.78, 5) is 38.4. The Hall–Kier alpha value is -2.65. The van der Waals surface area contributed by atoms with E-state index in [0.717, 1.165) is 20.1 Å².